The summed E-state index contributed by atoms with van der Waals surface area (Å²) in [5.41, 5.74) is 0.890. The monoisotopic (exact) mass is 326 g/mol. The Kier molecular flexibility index (Phi) is 5.95. The average Bonchev–Trinajstić information content (AvgIpc) is 2.61. The van der Waals surface area contributed by atoms with E-state index in [1.165, 1.54) is 0 Å². The highest BCUT2D eigenvalue weighted by Crippen LogP contribution is 2.13. The number of hydrogen-bond donors (Lipinski definition) is 2. The molecule has 0 heterocycles. The Balaban J connectivity index is 1.99. The largest absolute Gasteiger partial charge is 0.489 e. The Bertz CT molecular complexity index is 701. The lowest BCUT2D eigenvalue weighted by molar-refractivity contribution is 0.0894. The molecule has 2 aromatic rings. The molecule has 2 aromatic carbocycles. The summed E-state index contributed by atoms with van der Waals surface area (Å²) in [6.07, 6.45) is -0.196. The van der Waals surface area contributed by atoms with E-state index in [0.717, 1.165) is 5.75 Å². The van der Waals surface area contributed by atoms with Gasteiger partial charge in [-0.2, -0.15) is 0 Å². The molecule has 0 saturated heterocycles. The molecule has 2 N–H and O–H groups in total. The van der Waals surface area contributed by atoms with Crippen LogP contribution in [0.2, 0.25) is 0 Å². The molecule has 0 spiro atoms. The van der Waals surface area contributed by atoms with Crippen LogP contribution in [0, 0.1) is 0 Å². The molecule has 2 rings (SSSR count). The molecule has 0 saturated carbocycles. The van der Waals surface area contributed by atoms with Crippen molar-refractivity contribution in [3.8, 4) is 5.75 Å². The van der Waals surface area contributed by atoms with Gasteiger partial charge in [-0.3, -0.25) is 9.59 Å². The number of rotatable bonds is 6. The van der Waals surface area contributed by atoms with E-state index in [2.05, 4.69) is 10.6 Å². The van der Waals surface area contributed by atoms with Gasteiger partial charge in [0, 0.05) is 18.2 Å². The van der Waals surface area contributed by atoms with Gasteiger partial charge in [-0.15, -0.1) is 0 Å². The van der Waals surface area contributed by atoms with E-state index in [1.54, 1.807) is 31.3 Å². The van der Waals surface area contributed by atoms with Crippen molar-refractivity contribution < 1.29 is 14.3 Å². The SMILES string of the molecule is CNC(=O)c1cccc(C(=O)NC(C)C(C)Oc2ccccc2)c1. The van der Waals surface area contributed by atoms with Crippen LogP contribution in [-0.4, -0.2) is 31.0 Å². The first-order valence-corrected chi connectivity index (χ1v) is 7.86. The van der Waals surface area contributed by atoms with Gasteiger partial charge in [0.15, 0.2) is 0 Å². The summed E-state index contributed by atoms with van der Waals surface area (Å²) in [5.74, 6) is 0.294. The molecule has 126 valence electrons. The Morgan fingerprint density at radius 3 is 2.17 bits per heavy atom. The maximum atomic E-state index is 12.4. The van der Waals surface area contributed by atoms with E-state index >= 15 is 0 Å². The number of hydrogen-bond acceptors (Lipinski definition) is 3. The number of nitrogens with one attached hydrogen (secondary N) is 2. The zero-order valence-corrected chi connectivity index (χ0v) is 14.1. The average molecular weight is 326 g/mol. The van der Waals surface area contributed by atoms with Gasteiger partial charge in [0.05, 0.1) is 6.04 Å². The van der Waals surface area contributed by atoms with Crippen molar-refractivity contribution in [1.82, 2.24) is 10.6 Å². The Labute approximate surface area is 142 Å². The topological polar surface area (TPSA) is 67.4 Å². The van der Waals surface area contributed by atoms with Crippen molar-refractivity contribution in [2.24, 2.45) is 0 Å². The number of ether oxygens (including phenoxy) is 1. The minimum Gasteiger partial charge on any atom is -0.489 e. The highest BCUT2D eigenvalue weighted by Gasteiger charge is 2.18. The molecule has 24 heavy (non-hydrogen) atoms. The zero-order chi connectivity index (χ0) is 17.5. The van der Waals surface area contributed by atoms with Crippen molar-refractivity contribution in [2.45, 2.75) is 26.0 Å². The van der Waals surface area contributed by atoms with Crippen LogP contribution < -0.4 is 15.4 Å². The second-order valence-corrected chi connectivity index (χ2v) is 5.56. The quantitative estimate of drug-likeness (QED) is 0.857. The second-order valence-electron chi connectivity index (χ2n) is 5.56. The van der Waals surface area contributed by atoms with Gasteiger partial charge in [-0.25, -0.2) is 0 Å². The van der Waals surface area contributed by atoms with Crippen LogP contribution >= 0.6 is 0 Å². The molecule has 0 aliphatic carbocycles. The van der Waals surface area contributed by atoms with Crippen LogP contribution in [0.15, 0.2) is 54.6 Å². The van der Waals surface area contributed by atoms with Gasteiger partial charge >= 0.3 is 0 Å². The Morgan fingerprint density at radius 2 is 1.54 bits per heavy atom. The van der Waals surface area contributed by atoms with Crippen molar-refractivity contribution in [3.05, 3.63) is 65.7 Å². The minimum atomic E-state index is -0.239. The molecule has 0 aromatic heterocycles. The predicted molar refractivity (Wildman–Crippen MR) is 93.3 cm³/mol. The van der Waals surface area contributed by atoms with E-state index in [-0.39, 0.29) is 24.0 Å². The van der Waals surface area contributed by atoms with Gasteiger partial charge in [0.2, 0.25) is 0 Å². The fourth-order valence-corrected chi connectivity index (χ4v) is 2.17. The van der Waals surface area contributed by atoms with Crippen molar-refractivity contribution >= 4 is 11.8 Å². The van der Waals surface area contributed by atoms with Gasteiger partial charge in [0.1, 0.15) is 11.9 Å². The number of benzene rings is 2. The van der Waals surface area contributed by atoms with E-state index < -0.39 is 0 Å². The molecular formula is C19H22N2O3. The second kappa shape index (κ2) is 8.15. The van der Waals surface area contributed by atoms with Gasteiger partial charge in [-0.05, 0) is 44.2 Å². The van der Waals surface area contributed by atoms with Crippen molar-refractivity contribution in [1.29, 1.82) is 0 Å². The first kappa shape index (κ1) is 17.5. The summed E-state index contributed by atoms with van der Waals surface area (Å²) in [7, 11) is 1.56. The zero-order valence-electron chi connectivity index (χ0n) is 14.1. The van der Waals surface area contributed by atoms with Gasteiger partial charge in [0.25, 0.3) is 11.8 Å². The minimum absolute atomic E-state index is 0.193. The molecule has 5 heteroatoms. The predicted octanol–water partition coefficient (Wildman–Crippen LogP) is 2.63. The van der Waals surface area contributed by atoms with E-state index in [1.807, 2.05) is 44.2 Å². The van der Waals surface area contributed by atoms with Crippen LogP contribution in [0.3, 0.4) is 0 Å². The fourth-order valence-electron chi connectivity index (χ4n) is 2.17. The van der Waals surface area contributed by atoms with Gasteiger partial charge < -0.3 is 15.4 Å². The number of carbonyl (C=O) groups excluding carboxylic acids is 2. The van der Waals surface area contributed by atoms with Crippen LogP contribution in [0.1, 0.15) is 34.6 Å². The molecule has 2 atom stereocenters. The smallest absolute Gasteiger partial charge is 0.251 e. The summed E-state index contributed by atoms with van der Waals surface area (Å²) in [6.45, 7) is 3.78. The van der Waals surface area contributed by atoms with Crippen LogP contribution in [-0.2, 0) is 0 Å². The fraction of sp³-hybridized carbons (Fsp3) is 0.263. The van der Waals surface area contributed by atoms with E-state index in [0.29, 0.717) is 11.1 Å². The lowest BCUT2D eigenvalue weighted by Crippen LogP contribution is -2.42. The molecule has 0 aliphatic rings. The van der Waals surface area contributed by atoms with Crippen molar-refractivity contribution in [3.63, 3.8) is 0 Å². The molecule has 5 nitrogen and oxygen atoms in total. The molecule has 0 radical (unpaired) electrons. The third-order valence-electron chi connectivity index (χ3n) is 3.74. The molecule has 0 aliphatic heterocycles. The van der Waals surface area contributed by atoms with Crippen LogP contribution in [0.5, 0.6) is 5.75 Å². The lowest BCUT2D eigenvalue weighted by atomic mass is 10.1. The third kappa shape index (κ3) is 4.59. The van der Waals surface area contributed by atoms with Gasteiger partial charge in [-0.1, -0.05) is 24.3 Å². The third-order valence-corrected chi connectivity index (χ3v) is 3.74. The first-order chi connectivity index (χ1) is 11.5. The maximum absolute atomic E-state index is 12.4. The number of para-hydroxylation sites is 1. The molecule has 0 bridgehead atoms. The summed E-state index contributed by atoms with van der Waals surface area (Å²) < 4.78 is 5.81. The molecule has 2 unspecified atom stereocenters. The van der Waals surface area contributed by atoms with Crippen molar-refractivity contribution in [2.75, 3.05) is 7.05 Å². The van der Waals surface area contributed by atoms with E-state index in [4.69, 9.17) is 4.74 Å². The first-order valence-electron chi connectivity index (χ1n) is 7.86. The lowest BCUT2D eigenvalue weighted by Gasteiger charge is -2.22. The molecule has 0 fully saturated rings. The summed E-state index contributed by atoms with van der Waals surface area (Å²) in [4.78, 5) is 24.0. The highest BCUT2D eigenvalue weighted by molar-refractivity contribution is 5.99. The molecule has 2 amide bonds. The Hall–Kier alpha value is -2.82. The number of carbonyl (C=O) groups is 2. The summed E-state index contributed by atoms with van der Waals surface area (Å²) in [5, 5.41) is 5.45. The van der Waals surface area contributed by atoms with Crippen LogP contribution in [0.25, 0.3) is 0 Å². The summed E-state index contributed by atoms with van der Waals surface area (Å²) >= 11 is 0. The van der Waals surface area contributed by atoms with Crippen LogP contribution in [0.4, 0.5) is 0 Å². The summed E-state index contributed by atoms with van der Waals surface area (Å²) in [6, 6.07) is 15.9. The standard InChI is InChI=1S/C19H22N2O3/c1-13(14(2)24-17-10-5-4-6-11-17)21-19(23)16-9-7-8-15(12-16)18(22)20-3/h4-14H,1-3H3,(H,20,22)(H,21,23). The maximum Gasteiger partial charge on any atom is 0.251 e. The number of amides is 2. The highest BCUT2D eigenvalue weighted by atomic mass is 16.5. The molecular weight excluding hydrogens is 304 g/mol. The normalized spacial score (nSPS) is 12.8. The Morgan fingerprint density at radius 1 is 0.917 bits per heavy atom. The van der Waals surface area contributed by atoms with E-state index in [9.17, 15) is 9.59 Å².